The monoisotopic (exact) mass is 412 g/mol. The molecule has 1 atom stereocenters. The highest BCUT2D eigenvalue weighted by Crippen LogP contribution is 2.48. The zero-order chi connectivity index (χ0) is 20.1. The molecular weight excluding hydrogens is 392 g/mol. The third-order valence-electron chi connectivity index (χ3n) is 5.15. The second-order valence-electron chi connectivity index (χ2n) is 7.50. The van der Waals surface area contributed by atoms with Crippen LogP contribution < -0.4 is 10.7 Å². The van der Waals surface area contributed by atoms with Gasteiger partial charge in [-0.25, -0.2) is 0 Å². The summed E-state index contributed by atoms with van der Waals surface area (Å²) in [6.07, 6.45) is 1.71. The van der Waals surface area contributed by atoms with Crippen LogP contribution in [0.1, 0.15) is 47.5 Å². The molecule has 1 unspecified atom stereocenters. The van der Waals surface area contributed by atoms with E-state index in [0.29, 0.717) is 17.0 Å². The van der Waals surface area contributed by atoms with E-state index in [9.17, 15) is 9.59 Å². The Morgan fingerprint density at radius 2 is 1.93 bits per heavy atom. The fraction of sp³-hybridized carbons (Fsp3) is 0.273. The number of nitrogens with zero attached hydrogens (tertiary/aromatic N) is 1. The third kappa shape index (κ3) is 3.23. The lowest BCUT2D eigenvalue weighted by Crippen LogP contribution is -2.34. The summed E-state index contributed by atoms with van der Waals surface area (Å²) in [4.78, 5) is 25.7. The van der Waals surface area contributed by atoms with E-state index in [4.69, 9.17) is 11.6 Å². The van der Waals surface area contributed by atoms with Gasteiger partial charge in [-0.3, -0.25) is 9.59 Å². The van der Waals surface area contributed by atoms with Gasteiger partial charge in [-0.15, -0.1) is 11.8 Å². The number of rotatable bonds is 3. The maximum Gasteiger partial charge on any atom is 0.257 e. The van der Waals surface area contributed by atoms with Gasteiger partial charge in [-0.2, -0.15) is 0 Å². The van der Waals surface area contributed by atoms with E-state index < -0.39 is 0 Å². The molecule has 0 aliphatic carbocycles. The number of aromatic nitrogens is 1. The van der Waals surface area contributed by atoms with Crippen LogP contribution in [0.15, 0.2) is 53.5 Å². The number of carbonyl (C=O) groups excluding carboxylic acids is 1. The summed E-state index contributed by atoms with van der Waals surface area (Å²) in [6.45, 7) is 6.72. The maximum absolute atomic E-state index is 13.1. The first-order valence-electron chi connectivity index (χ1n) is 9.17. The molecule has 0 fully saturated rings. The number of nitrogens with one attached hydrogen (secondary N) is 1. The van der Waals surface area contributed by atoms with Crippen LogP contribution >= 0.6 is 23.4 Å². The quantitative estimate of drug-likeness (QED) is 0.652. The summed E-state index contributed by atoms with van der Waals surface area (Å²) >= 11 is 7.72. The molecule has 1 N–H and O–H groups in total. The Morgan fingerprint density at radius 3 is 2.64 bits per heavy atom. The van der Waals surface area contributed by atoms with Crippen LogP contribution in [0.4, 0.5) is 0 Å². The Hall–Kier alpha value is -2.24. The summed E-state index contributed by atoms with van der Waals surface area (Å²) in [5.41, 5.74) is 2.93. The number of halogens is 1. The summed E-state index contributed by atoms with van der Waals surface area (Å²) in [5, 5.41) is 4.38. The smallest absolute Gasteiger partial charge is 0.257 e. The lowest BCUT2D eigenvalue weighted by atomic mass is 10.0. The van der Waals surface area contributed by atoms with Gasteiger partial charge in [0.05, 0.1) is 10.4 Å². The molecule has 28 heavy (non-hydrogen) atoms. The molecule has 4 nitrogen and oxygen atoms in total. The van der Waals surface area contributed by atoms with Crippen LogP contribution in [-0.2, 0) is 11.4 Å². The van der Waals surface area contributed by atoms with Crippen LogP contribution in [0.5, 0.6) is 0 Å². The van der Waals surface area contributed by atoms with Gasteiger partial charge < -0.3 is 9.88 Å². The zero-order valence-electron chi connectivity index (χ0n) is 16.0. The number of benzene rings is 2. The largest absolute Gasteiger partial charge is 0.348 e. The van der Waals surface area contributed by atoms with Gasteiger partial charge in [0.2, 0.25) is 5.43 Å². The fourth-order valence-electron chi connectivity index (χ4n) is 3.76. The predicted molar refractivity (Wildman–Crippen MR) is 116 cm³/mol. The minimum absolute atomic E-state index is 0.168. The highest BCUT2D eigenvalue weighted by Gasteiger charge is 2.33. The van der Waals surface area contributed by atoms with Gasteiger partial charge in [0.25, 0.3) is 5.91 Å². The molecule has 1 aliphatic heterocycles. The number of pyridine rings is 1. The van der Waals surface area contributed by atoms with Crippen molar-refractivity contribution in [1.82, 2.24) is 9.88 Å². The number of para-hydroxylation sites is 1. The minimum atomic E-state index is -0.365. The summed E-state index contributed by atoms with van der Waals surface area (Å²) in [5.74, 6) is -0.365. The molecule has 6 heteroatoms. The Morgan fingerprint density at radius 1 is 1.21 bits per heavy atom. The van der Waals surface area contributed by atoms with Crippen LogP contribution in [0.2, 0.25) is 5.02 Å². The molecule has 0 spiro atoms. The summed E-state index contributed by atoms with van der Waals surface area (Å²) in [6, 6.07) is 13.0. The normalized spacial score (nSPS) is 17.5. The van der Waals surface area contributed by atoms with Crippen LogP contribution in [0.25, 0.3) is 10.9 Å². The molecule has 4 rings (SSSR count). The second-order valence-corrected chi connectivity index (χ2v) is 9.88. The van der Waals surface area contributed by atoms with Crippen molar-refractivity contribution in [2.75, 3.05) is 0 Å². The van der Waals surface area contributed by atoms with Crippen molar-refractivity contribution < 1.29 is 4.79 Å². The molecule has 3 aromatic rings. The number of amides is 1. The first kappa shape index (κ1) is 19.1. The van der Waals surface area contributed by atoms with E-state index in [1.165, 1.54) is 0 Å². The van der Waals surface area contributed by atoms with Gasteiger partial charge in [0.1, 0.15) is 5.56 Å². The van der Waals surface area contributed by atoms with Gasteiger partial charge in [0, 0.05) is 28.4 Å². The standard InChI is InChI=1S/C22H21ClN2O2S/c1-13-16-5-4-6-17-19(16)25(22(2,3)28-13)12-18(20(17)26)21(27)24-11-14-7-9-15(23)10-8-14/h4-10,12-13H,11H2,1-3H3,(H,24,27). The van der Waals surface area contributed by atoms with Crippen molar-refractivity contribution in [2.24, 2.45) is 0 Å². The second kappa shape index (κ2) is 6.98. The van der Waals surface area contributed by atoms with E-state index in [1.54, 1.807) is 18.3 Å². The third-order valence-corrected chi connectivity index (χ3v) is 6.78. The molecule has 1 amide bonds. The molecule has 1 aliphatic rings. The van der Waals surface area contributed by atoms with Gasteiger partial charge in [-0.1, -0.05) is 35.9 Å². The molecule has 144 valence electrons. The van der Waals surface area contributed by atoms with Crippen LogP contribution in [0.3, 0.4) is 0 Å². The lowest BCUT2D eigenvalue weighted by Gasteiger charge is -2.38. The predicted octanol–water partition coefficient (Wildman–Crippen LogP) is 5.09. The average molecular weight is 413 g/mol. The van der Waals surface area contributed by atoms with Crippen molar-refractivity contribution >= 4 is 40.2 Å². The van der Waals surface area contributed by atoms with Crippen LogP contribution in [-0.4, -0.2) is 10.5 Å². The van der Waals surface area contributed by atoms with Crippen LogP contribution in [0, 0.1) is 0 Å². The number of hydrogen-bond donors (Lipinski definition) is 1. The van der Waals surface area contributed by atoms with Crippen molar-refractivity contribution in [1.29, 1.82) is 0 Å². The fourth-order valence-corrected chi connectivity index (χ4v) is 5.32. The van der Waals surface area contributed by atoms with Crippen molar-refractivity contribution in [2.45, 2.75) is 37.4 Å². The molecule has 0 saturated carbocycles. The minimum Gasteiger partial charge on any atom is -0.348 e. The highest BCUT2D eigenvalue weighted by molar-refractivity contribution is 8.00. The Kier molecular flexibility index (Phi) is 4.76. The topological polar surface area (TPSA) is 51.1 Å². The first-order chi connectivity index (χ1) is 13.3. The summed E-state index contributed by atoms with van der Waals surface area (Å²) < 4.78 is 2.07. The Labute approximate surface area is 172 Å². The first-order valence-corrected chi connectivity index (χ1v) is 10.4. The van der Waals surface area contributed by atoms with E-state index in [0.717, 1.165) is 16.6 Å². The zero-order valence-corrected chi connectivity index (χ0v) is 17.5. The lowest BCUT2D eigenvalue weighted by molar-refractivity contribution is 0.0949. The van der Waals surface area contributed by atoms with E-state index in [-0.39, 0.29) is 27.0 Å². The molecule has 1 aromatic heterocycles. The Balaban J connectivity index is 1.76. The SMILES string of the molecule is CC1SC(C)(C)n2cc(C(=O)NCc3ccc(Cl)cc3)c(=O)c3cccc1c32. The molecule has 0 bridgehead atoms. The van der Waals surface area contributed by atoms with Gasteiger partial charge in [-0.05, 0) is 50.1 Å². The molecule has 0 saturated heterocycles. The Bertz CT molecular complexity index is 1140. The summed E-state index contributed by atoms with van der Waals surface area (Å²) in [7, 11) is 0. The molecule has 2 heterocycles. The van der Waals surface area contributed by atoms with E-state index in [1.807, 2.05) is 36.0 Å². The molecule has 2 aromatic carbocycles. The van der Waals surface area contributed by atoms with Crippen molar-refractivity contribution in [3.8, 4) is 0 Å². The molecular formula is C22H21ClN2O2S. The maximum atomic E-state index is 13.1. The highest BCUT2D eigenvalue weighted by atomic mass is 35.5. The van der Waals surface area contributed by atoms with Crippen molar-refractivity contribution in [3.63, 3.8) is 0 Å². The number of carbonyl (C=O) groups is 1. The van der Waals surface area contributed by atoms with E-state index >= 15 is 0 Å². The average Bonchev–Trinajstić information content (AvgIpc) is 2.66. The van der Waals surface area contributed by atoms with Gasteiger partial charge in [0.15, 0.2) is 0 Å². The van der Waals surface area contributed by atoms with Crippen molar-refractivity contribution in [3.05, 3.63) is 80.6 Å². The number of hydrogen-bond acceptors (Lipinski definition) is 3. The van der Waals surface area contributed by atoms with E-state index in [2.05, 4.69) is 36.7 Å². The number of thioether (sulfide) groups is 1. The van der Waals surface area contributed by atoms with Gasteiger partial charge >= 0.3 is 0 Å². The molecule has 0 radical (unpaired) electrons.